The zero-order valence-electron chi connectivity index (χ0n) is 15.5. The van der Waals surface area contributed by atoms with Crippen LogP contribution in [0.3, 0.4) is 0 Å². The summed E-state index contributed by atoms with van der Waals surface area (Å²) in [5.41, 5.74) is 2.15. The molecule has 0 bridgehead atoms. The van der Waals surface area contributed by atoms with Gasteiger partial charge in [-0.15, -0.1) is 5.10 Å². The maximum Gasteiger partial charge on any atom is 0.263 e. The Kier molecular flexibility index (Phi) is 4.76. The van der Waals surface area contributed by atoms with E-state index in [1.807, 2.05) is 37.3 Å². The number of carbonyl (C=O) groups is 1. The Bertz CT molecular complexity index is 1070. The molecule has 3 aromatic heterocycles. The summed E-state index contributed by atoms with van der Waals surface area (Å²) in [5, 5.41) is 11.2. The summed E-state index contributed by atoms with van der Waals surface area (Å²) in [6, 6.07) is 12.9. The van der Waals surface area contributed by atoms with Crippen molar-refractivity contribution >= 4 is 5.91 Å². The molecule has 1 N–H and O–H groups in total. The summed E-state index contributed by atoms with van der Waals surface area (Å²) in [6.45, 7) is 3.64. The van der Waals surface area contributed by atoms with Crippen LogP contribution in [0.15, 0.2) is 63.8 Å². The Balaban J connectivity index is 1.41. The van der Waals surface area contributed by atoms with E-state index in [0.717, 1.165) is 5.69 Å². The van der Waals surface area contributed by atoms with E-state index in [2.05, 4.69) is 20.6 Å². The van der Waals surface area contributed by atoms with E-state index in [-0.39, 0.29) is 18.4 Å². The van der Waals surface area contributed by atoms with E-state index < -0.39 is 0 Å². The van der Waals surface area contributed by atoms with Crippen LogP contribution in [0.4, 0.5) is 0 Å². The maximum atomic E-state index is 12.4. The van der Waals surface area contributed by atoms with E-state index in [1.54, 1.807) is 36.2 Å². The second kappa shape index (κ2) is 7.51. The number of benzene rings is 1. The number of aromatic nitrogens is 4. The van der Waals surface area contributed by atoms with Gasteiger partial charge in [0.05, 0.1) is 36.3 Å². The van der Waals surface area contributed by atoms with Gasteiger partial charge in [-0.25, -0.2) is 9.67 Å². The first-order valence-electron chi connectivity index (χ1n) is 8.87. The lowest BCUT2D eigenvalue weighted by atomic mass is 10.2. The monoisotopic (exact) mass is 377 g/mol. The second-order valence-electron chi connectivity index (χ2n) is 6.39. The van der Waals surface area contributed by atoms with Crippen LogP contribution in [0, 0.1) is 6.92 Å². The highest BCUT2D eigenvalue weighted by Gasteiger charge is 2.19. The van der Waals surface area contributed by atoms with Crippen molar-refractivity contribution in [3.05, 3.63) is 72.1 Å². The number of para-hydroxylation sites is 1. The Hall–Kier alpha value is -3.68. The van der Waals surface area contributed by atoms with Crippen LogP contribution in [0.25, 0.3) is 17.3 Å². The van der Waals surface area contributed by atoms with E-state index in [1.165, 1.54) is 0 Å². The molecule has 28 heavy (non-hydrogen) atoms. The molecule has 1 aromatic carbocycles. The summed E-state index contributed by atoms with van der Waals surface area (Å²) in [4.78, 5) is 16.8. The minimum Gasteiger partial charge on any atom is -0.459 e. The molecule has 142 valence electrons. The van der Waals surface area contributed by atoms with Crippen molar-refractivity contribution in [2.75, 3.05) is 0 Å². The summed E-state index contributed by atoms with van der Waals surface area (Å²) in [6.07, 6.45) is 3.45. The van der Waals surface area contributed by atoms with Gasteiger partial charge in [-0.3, -0.25) is 4.79 Å². The summed E-state index contributed by atoms with van der Waals surface area (Å²) in [5.74, 6) is 1.30. The Labute approximate surface area is 161 Å². The van der Waals surface area contributed by atoms with Crippen LogP contribution in [-0.2, 0) is 11.2 Å². The quantitative estimate of drug-likeness (QED) is 0.554. The van der Waals surface area contributed by atoms with Gasteiger partial charge in [0.2, 0.25) is 5.91 Å². The first-order chi connectivity index (χ1) is 13.6. The van der Waals surface area contributed by atoms with Crippen LogP contribution in [0.2, 0.25) is 0 Å². The van der Waals surface area contributed by atoms with E-state index >= 15 is 0 Å². The lowest BCUT2D eigenvalue weighted by Crippen LogP contribution is -2.28. The van der Waals surface area contributed by atoms with Crippen molar-refractivity contribution in [1.29, 1.82) is 0 Å². The van der Waals surface area contributed by atoms with Gasteiger partial charge in [0.15, 0.2) is 5.76 Å². The average molecular weight is 377 g/mol. The number of nitrogens with one attached hydrogen (secondary N) is 1. The fraction of sp³-hybridized carbons (Fsp3) is 0.200. The van der Waals surface area contributed by atoms with Crippen molar-refractivity contribution in [1.82, 2.24) is 25.3 Å². The van der Waals surface area contributed by atoms with Gasteiger partial charge < -0.3 is 14.2 Å². The lowest BCUT2D eigenvalue weighted by Gasteiger charge is -2.10. The highest BCUT2D eigenvalue weighted by atomic mass is 16.4. The molecule has 8 heteroatoms. The number of hydrogen-bond acceptors (Lipinski definition) is 6. The number of rotatable bonds is 6. The SMILES string of the molecule is Cc1oc(-c2ccco2)nc1CC(=O)N[C@@H](C)c1cn(-c2ccccc2)nn1. The van der Waals surface area contributed by atoms with Crippen molar-refractivity contribution in [2.45, 2.75) is 26.3 Å². The lowest BCUT2D eigenvalue weighted by molar-refractivity contribution is -0.121. The minimum absolute atomic E-state index is 0.104. The zero-order chi connectivity index (χ0) is 19.5. The zero-order valence-corrected chi connectivity index (χ0v) is 15.5. The molecule has 4 aromatic rings. The number of nitrogens with zero attached hydrogens (tertiary/aromatic N) is 4. The van der Waals surface area contributed by atoms with Gasteiger partial charge in [-0.1, -0.05) is 23.4 Å². The fourth-order valence-electron chi connectivity index (χ4n) is 2.80. The molecule has 0 spiro atoms. The van der Waals surface area contributed by atoms with Crippen LogP contribution in [0.1, 0.15) is 30.1 Å². The Morgan fingerprint density at radius 3 is 2.79 bits per heavy atom. The van der Waals surface area contributed by atoms with Gasteiger partial charge in [0.25, 0.3) is 5.89 Å². The first kappa shape index (κ1) is 17.7. The Morgan fingerprint density at radius 2 is 2.04 bits per heavy atom. The van der Waals surface area contributed by atoms with Gasteiger partial charge in [0, 0.05) is 0 Å². The molecule has 0 saturated heterocycles. The molecule has 0 fully saturated rings. The molecule has 0 unspecified atom stereocenters. The third-order valence-corrected chi connectivity index (χ3v) is 4.31. The highest BCUT2D eigenvalue weighted by molar-refractivity contribution is 5.78. The summed E-state index contributed by atoms with van der Waals surface area (Å²) < 4.78 is 12.5. The second-order valence-corrected chi connectivity index (χ2v) is 6.39. The number of oxazole rings is 1. The summed E-state index contributed by atoms with van der Waals surface area (Å²) >= 11 is 0. The van der Waals surface area contributed by atoms with Crippen LogP contribution in [0.5, 0.6) is 0 Å². The minimum atomic E-state index is -0.290. The topological polar surface area (TPSA) is 99.0 Å². The molecule has 0 aliphatic carbocycles. The smallest absolute Gasteiger partial charge is 0.263 e. The van der Waals surface area contributed by atoms with Crippen molar-refractivity contribution in [3.8, 4) is 17.3 Å². The maximum absolute atomic E-state index is 12.4. The van der Waals surface area contributed by atoms with Gasteiger partial charge in [-0.2, -0.15) is 0 Å². The van der Waals surface area contributed by atoms with Gasteiger partial charge in [0.1, 0.15) is 11.5 Å². The highest BCUT2D eigenvalue weighted by Crippen LogP contribution is 2.22. The molecule has 0 aliphatic heterocycles. The number of amides is 1. The molecule has 1 amide bonds. The van der Waals surface area contributed by atoms with Crippen LogP contribution < -0.4 is 5.32 Å². The molecule has 0 aliphatic rings. The predicted octanol–water partition coefficient (Wildman–Crippen LogP) is 3.24. The molecule has 3 heterocycles. The molecular weight excluding hydrogens is 358 g/mol. The molecule has 1 atom stereocenters. The van der Waals surface area contributed by atoms with Gasteiger partial charge in [-0.05, 0) is 38.1 Å². The standard InChI is InChI=1S/C20H19N5O3/c1-13(17-12-25(24-23-17)15-7-4-3-5-8-15)21-19(26)11-16-14(2)28-20(22-16)18-9-6-10-27-18/h3-10,12-13H,11H2,1-2H3,(H,21,26)/t13-/m0/s1. The summed E-state index contributed by atoms with van der Waals surface area (Å²) in [7, 11) is 0. The third kappa shape index (κ3) is 3.71. The fourth-order valence-corrected chi connectivity index (χ4v) is 2.80. The number of furan rings is 1. The van der Waals surface area contributed by atoms with Crippen LogP contribution >= 0.6 is 0 Å². The molecular formula is C20H19N5O3. The van der Waals surface area contributed by atoms with Crippen LogP contribution in [-0.4, -0.2) is 25.9 Å². The molecule has 4 rings (SSSR count). The van der Waals surface area contributed by atoms with Crippen molar-refractivity contribution < 1.29 is 13.6 Å². The van der Waals surface area contributed by atoms with Crippen molar-refractivity contribution in [2.24, 2.45) is 0 Å². The van der Waals surface area contributed by atoms with E-state index in [9.17, 15) is 4.79 Å². The first-order valence-corrected chi connectivity index (χ1v) is 8.87. The predicted molar refractivity (Wildman–Crippen MR) is 101 cm³/mol. The molecule has 8 nitrogen and oxygen atoms in total. The van der Waals surface area contributed by atoms with Gasteiger partial charge >= 0.3 is 0 Å². The molecule has 0 saturated carbocycles. The molecule has 0 radical (unpaired) electrons. The Morgan fingerprint density at radius 1 is 1.21 bits per heavy atom. The average Bonchev–Trinajstić information content (AvgIpc) is 3.44. The number of hydrogen-bond donors (Lipinski definition) is 1. The third-order valence-electron chi connectivity index (χ3n) is 4.31. The largest absolute Gasteiger partial charge is 0.459 e. The number of carbonyl (C=O) groups excluding carboxylic acids is 1. The van der Waals surface area contributed by atoms with Crippen molar-refractivity contribution in [3.63, 3.8) is 0 Å². The normalized spacial score (nSPS) is 12.1. The van der Waals surface area contributed by atoms with E-state index in [4.69, 9.17) is 8.83 Å². The number of aryl methyl sites for hydroxylation is 1. The van der Waals surface area contributed by atoms with E-state index in [0.29, 0.717) is 28.8 Å².